The third-order valence-corrected chi connectivity index (χ3v) is 6.31. The highest BCUT2D eigenvalue weighted by molar-refractivity contribution is 7.99. The first-order valence-corrected chi connectivity index (χ1v) is 10.2. The number of rotatable bonds is 3. The van der Waals surface area contributed by atoms with Crippen molar-refractivity contribution in [2.24, 2.45) is 0 Å². The topological polar surface area (TPSA) is 30.7 Å². The Kier molecular flexibility index (Phi) is 4.47. The standard InChI is InChI=1S/C22H13Cl2N3S/c23-14-9-10-17(24)20(13-14)28-19-8-3-6-16-15-5-1-2-7-18(15)27(21(16)19)22-25-11-4-12-26-22/h1-13H. The molecule has 0 saturated heterocycles. The zero-order valence-electron chi connectivity index (χ0n) is 14.5. The molecule has 2 heterocycles. The van der Waals surface area contributed by atoms with Gasteiger partial charge in [-0.15, -0.1) is 0 Å². The molecule has 5 rings (SSSR count). The Hall–Kier alpha value is -2.53. The summed E-state index contributed by atoms with van der Waals surface area (Å²) in [5, 5.41) is 3.63. The van der Waals surface area contributed by atoms with Gasteiger partial charge in [0.2, 0.25) is 5.95 Å². The highest BCUT2D eigenvalue weighted by atomic mass is 35.5. The Bertz CT molecular complexity index is 1320. The van der Waals surface area contributed by atoms with Gasteiger partial charge >= 0.3 is 0 Å². The zero-order chi connectivity index (χ0) is 19.1. The summed E-state index contributed by atoms with van der Waals surface area (Å²) in [4.78, 5) is 11.0. The molecule has 28 heavy (non-hydrogen) atoms. The number of fused-ring (bicyclic) bond motifs is 3. The molecule has 3 nitrogen and oxygen atoms in total. The van der Waals surface area contributed by atoms with Gasteiger partial charge in [-0.1, -0.05) is 65.3 Å². The summed E-state index contributed by atoms with van der Waals surface area (Å²) in [5.74, 6) is 0.638. The van der Waals surface area contributed by atoms with Gasteiger partial charge in [0.15, 0.2) is 0 Å². The number of hydrogen-bond donors (Lipinski definition) is 0. The molecule has 0 bridgehead atoms. The lowest BCUT2D eigenvalue weighted by molar-refractivity contribution is 0.981. The molecule has 3 aromatic carbocycles. The Morgan fingerprint density at radius 1 is 0.750 bits per heavy atom. The second-order valence-electron chi connectivity index (χ2n) is 6.23. The molecule has 0 N–H and O–H groups in total. The lowest BCUT2D eigenvalue weighted by Crippen LogP contribution is -2.00. The van der Waals surface area contributed by atoms with Crippen LogP contribution >= 0.6 is 35.0 Å². The highest BCUT2D eigenvalue weighted by Crippen LogP contribution is 2.41. The monoisotopic (exact) mass is 421 g/mol. The van der Waals surface area contributed by atoms with E-state index in [2.05, 4.69) is 44.9 Å². The Morgan fingerprint density at radius 3 is 2.39 bits per heavy atom. The van der Waals surface area contributed by atoms with Crippen LogP contribution in [0.4, 0.5) is 0 Å². The molecule has 0 radical (unpaired) electrons. The van der Waals surface area contributed by atoms with Crippen LogP contribution in [-0.4, -0.2) is 14.5 Å². The van der Waals surface area contributed by atoms with Crippen molar-refractivity contribution in [3.8, 4) is 5.95 Å². The van der Waals surface area contributed by atoms with Gasteiger partial charge in [-0.3, -0.25) is 4.57 Å². The number of para-hydroxylation sites is 2. The molecule has 0 saturated carbocycles. The third kappa shape index (κ3) is 2.94. The summed E-state index contributed by atoms with van der Waals surface area (Å²) in [6.45, 7) is 0. The summed E-state index contributed by atoms with van der Waals surface area (Å²) in [7, 11) is 0. The van der Waals surface area contributed by atoms with E-state index in [1.54, 1.807) is 30.2 Å². The van der Waals surface area contributed by atoms with Gasteiger partial charge in [0.1, 0.15) is 0 Å². The van der Waals surface area contributed by atoms with Crippen LogP contribution in [0.1, 0.15) is 0 Å². The fraction of sp³-hybridized carbons (Fsp3) is 0. The molecule has 0 amide bonds. The van der Waals surface area contributed by atoms with Gasteiger partial charge in [0, 0.05) is 38.0 Å². The van der Waals surface area contributed by atoms with Crippen molar-refractivity contribution in [2.75, 3.05) is 0 Å². The minimum Gasteiger partial charge on any atom is -0.277 e. The minimum absolute atomic E-state index is 0.638. The highest BCUT2D eigenvalue weighted by Gasteiger charge is 2.17. The predicted molar refractivity (Wildman–Crippen MR) is 117 cm³/mol. The second-order valence-corrected chi connectivity index (χ2v) is 8.16. The molecule has 0 unspecified atom stereocenters. The van der Waals surface area contributed by atoms with E-state index in [1.165, 1.54) is 0 Å². The average molecular weight is 422 g/mol. The van der Waals surface area contributed by atoms with Crippen LogP contribution in [-0.2, 0) is 0 Å². The molecule has 0 atom stereocenters. The molecule has 0 aliphatic carbocycles. The summed E-state index contributed by atoms with van der Waals surface area (Å²) in [6, 6.07) is 21.9. The van der Waals surface area contributed by atoms with Crippen LogP contribution in [0.25, 0.3) is 27.8 Å². The molecule has 0 fully saturated rings. The van der Waals surface area contributed by atoms with Crippen LogP contribution in [0.3, 0.4) is 0 Å². The molecular formula is C22H13Cl2N3S. The minimum atomic E-state index is 0.638. The van der Waals surface area contributed by atoms with Gasteiger partial charge in [0.25, 0.3) is 0 Å². The van der Waals surface area contributed by atoms with Crippen molar-refractivity contribution >= 4 is 56.8 Å². The molecule has 0 aliphatic heterocycles. The van der Waals surface area contributed by atoms with E-state index in [1.807, 2.05) is 30.3 Å². The fourth-order valence-electron chi connectivity index (χ4n) is 3.36. The first-order chi connectivity index (χ1) is 13.7. The summed E-state index contributed by atoms with van der Waals surface area (Å²) in [5.41, 5.74) is 2.12. The van der Waals surface area contributed by atoms with Crippen molar-refractivity contribution in [3.05, 3.63) is 89.2 Å². The SMILES string of the molecule is Clc1ccc(Cl)c(Sc2cccc3c4ccccc4n(-c4ncccn4)c23)c1. The molecular weight excluding hydrogens is 409 g/mol. The van der Waals surface area contributed by atoms with Gasteiger partial charge in [0.05, 0.1) is 16.1 Å². The normalized spacial score (nSPS) is 11.4. The van der Waals surface area contributed by atoms with E-state index in [9.17, 15) is 0 Å². The van der Waals surface area contributed by atoms with E-state index in [0.717, 1.165) is 31.6 Å². The number of hydrogen-bond acceptors (Lipinski definition) is 3. The first-order valence-electron chi connectivity index (χ1n) is 8.65. The Balaban J connectivity index is 1.83. The van der Waals surface area contributed by atoms with E-state index < -0.39 is 0 Å². The van der Waals surface area contributed by atoms with Crippen molar-refractivity contribution in [2.45, 2.75) is 9.79 Å². The smallest absolute Gasteiger partial charge is 0.234 e. The zero-order valence-corrected chi connectivity index (χ0v) is 16.8. The number of nitrogens with zero attached hydrogens (tertiary/aromatic N) is 3. The second kappa shape index (κ2) is 7.13. The van der Waals surface area contributed by atoms with Crippen LogP contribution in [0.2, 0.25) is 10.0 Å². The molecule has 136 valence electrons. The Labute approximate surface area is 175 Å². The number of halogens is 2. The quantitative estimate of drug-likeness (QED) is 0.313. The Morgan fingerprint density at radius 2 is 1.54 bits per heavy atom. The van der Waals surface area contributed by atoms with Crippen LogP contribution in [0, 0.1) is 0 Å². The van der Waals surface area contributed by atoms with E-state index >= 15 is 0 Å². The van der Waals surface area contributed by atoms with Crippen molar-refractivity contribution in [1.82, 2.24) is 14.5 Å². The number of benzene rings is 3. The van der Waals surface area contributed by atoms with E-state index in [-0.39, 0.29) is 0 Å². The maximum Gasteiger partial charge on any atom is 0.234 e. The van der Waals surface area contributed by atoms with Crippen LogP contribution < -0.4 is 0 Å². The molecule has 6 heteroatoms. The van der Waals surface area contributed by atoms with Gasteiger partial charge in [-0.05, 0) is 36.4 Å². The molecule has 0 spiro atoms. The van der Waals surface area contributed by atoms with Gasteiger partial charge in [-0.25, -0.2) is 9.97 Å². The van der Waals surface area contributed by atoms with Crippen molar-refractivity contribution in [3.63, 3.8) is 0 Å². The van der Waals surface area contributed by atoms with Crippen molar-refractivity contribution in [1.29, 1.82) is 0 Å². The van der Waals surface area contributed by atoms with Gasteiger partial charge in [-0.2, -0.15) is 0 Å². The first kappa shape index (κ1) is 17.6. The maximum atomic E-state index is 6.42. The van der Waals surface area contributed by atoms with Crippen molar-refractivity contribution < 1.29 is 0 Å². The van der Waals surface area contributed by atoms with Crippen LogP contribution in [0.15, 0.2) is 88.9 Å². The maximum absolute atomic E-state index is 6.42. The van der Waals surface area contributed by atoms with E-state index in [4.69, 9.17) is 23.2 Å². The average Bonchev–Trinajstić information content (AvgIpc) is 3.07. The predicted octanol–water partition coefficient (Wildman–Crippen LogP) is 7.03. The number of aromatic nitrogens is 3. The molecule has 0 aliphatic rings. The fourth-order valence-corrected chi connectivity index (χ4v) is 4.86. The van der Waals surface area contributed by atoms with Crippen LogP contribution in [0.5, 0.6) is 0 Å². The van der Waals surface area contributed by atoms with Gasteiger partial charge < -0.3 is 0 Å². The largest absolute Gasteiger partial charge is 0.277 e. The lowest BCUT2D eigenvalue weighted by atomic mass is 10.1. The summed E-state index contributed by atoms with van der Waals surface area (Å²) in [6.07, 6.45) is 3.51. The molecule has 5 aromatic rings. The summed E-state index contributed by atoms with van der Waals surface area (Å²) >= 11 is 14.2. The third-order valence-electron chi connectivity index (χ3n) is 4.52. The van der Waals surface area contributed by atoms with E-state index in [0.29, 0.717) is 16.0 Å². The summed E-state index contributed by atoms with van der Waals surface area (Å²) < 4.78 is 2.10. The lowest BCUT2D eigenvalue weighted by Gasteiger charge is -2.10. The molecule has 2 aromatic heterocycles.